The van der Waals surface area contributed by atoms with Crippen LogP contribution >= 0.6 is 22.6 Å². The molecule has 0 aliphatic heterocycles. The summed E-state index contributed by atoms with van der Waals surface area (Å²) in [7, 11) is 3.82. The van der Waals surface area contributed by atoms with Crippen LogP contribution in [0, 0.1) is 3.57 Å². The first kappa shape index (κ1) is 15.7. The summed E-state index contributed by atoms with van der Waals surface area (Å²) in [6, 6.07) is 8.02. The number of hydrogen-bond acceptors (Lipinski definition) is 6. The molecule has 1 aromatic carbocycles. The molecule has 2 N–H and O–H groups in total. The van der Waals surface area contributed by atoms with Crippen molar-refractivity contribution in [2.24, 2.45) is 0 Å². The van der Waals surface area contributed by atoms with E-state index in [4.69, 9.17) is 0 Å². The van der Waals surface area contributed by atoms with Crippen molar-refractivity contribution in [1.82, 2.24) is 15.0 Å². The van der Waals surface area contributed by atoms with Crippen molar-refractivity contribution in [3.05, 3.63) is 27.8 Å². The minimum absolute atomic E-state index is 0.538. The zero-order chi connectivity index (χ0) is 15.2. The van der Waals surface area contributed by atoms with E-state index in [0.717, 1.165) is 22.2 Å². The van der Waals surface area contributed by atoms with E-state index in [1.165, 1.54) is 0 Å². The number of anilines is 4. The van der Waals surface area contributed by atoms with Gasteiger partial charge in [-0.3, -0.25) is 0 Å². The SMILES string of the molecule is CCCNc1nc(Nc2ccccc2I)nc(N(C)C)n1. The van der Waals surface area contributed by atoms with E-state index in [2.05, 4.69) is 55.1 Å². The van der Waals surface area contributed by atoms with Crippen molar-refractivity contribution in [3.8, 4) is 0 Å². The topological polar surface area (TPSA) is 66.0 Å². The second-order valence-electron chi connectivity index (χ2n) is 4.71. The Morgan fingerprint density at radius 3 is 2.48 bits per heavy atom. The number of benzene rings is 1. The summed E-state index contributed by atoms with van der Waals surface area (Å²) in [5.41, 5.74) is 0.982. The van der Waals surface area contributed by atoms with Gasteiger partial charge in [-0.15, -0.1) is 0 Å². The van der Waals surface area contributed by atoms with Crippen molar-refractivity contribution in [2.75, 3.05) is 36.2 Å². The van der Waals surface area contributed by atoms with Gasteiger partial charge in [-0.1, -0.05) is 19.1 Å². The Hall–Kier alpha value is -1.64. The van der Waals surface area contributed by atoms with Gasteiger partial charge < -0.3 is 15.5 Å². The first-order valence-electron chi connectivity index (χ1n) is 6.79. The Bertz CT molecular complexity index is 602. The third kappa shape index (κ3) is 4.42. The minimum atomic E-state index is 0.538. The van der Waals surface area contributed by atoms with Gasteiger partial charge in [-0.25, -0.2) is 0 Å². The standard InChI is InChI=1S/C14H19IN6/c1-4-9-16-12-18-13(20-14(19-12)21(2)3)17-11-8-6-5-7-10(11)15/h5-8H,4,9H2,1-3H3,(H2,16,17,18,19,20). The molecule has 0 saturated carbocycles. The Balaban J connectivity index is 2.29. The van der Waals surface area contributed by atoms with Crippen molar-refractivity contribution < 1.29 is 0 Å². The molecule has 0 radical (unpaired) electrons. The van der Waals surface area contributed by atoms with Crippen LogP contribution in [0.1, 0.15) is 13.3 Å². The molecule has 0 bridgehead atoms. The Morgan fingerprint density at radius 2 is 1.81 bits per heavy atom. The number of rotatable bonds is 6. The molecule has 21 heavy (non-hydrogen) atoms. The van der Waals surface area contributed by atoms with E-state index in [0.29, 0.717) is 17.8 Å². The lowest BCUT2D eigenvalue weighted by Crippen LogP contribution is -2.16. The molecule has 0 spiro atoms. The molecule has 2 aromatic rings. The van der Waals surface area contributed by atoms with E-state index >= 15 is 0 Å². The fourth-order valence-corrected chi connectivity index (χ4v) is 2.14. The first-order chi connectivity index (χ1) is 10.1. The summed E-state index contributed by atoms with van der Waals surface area (Å²) >= 11 is 2.28. The van der Waals surface area contributed by atoms with Crippen LogP contribution in [-0.2, 0) is 0 Å². The van der Waals surface area contributed by atoms with E-state index in [1.807, 2.05) is 43.3 Å². The van der Waals surface area contributed by atoms with Crippen LogP contribution in [0.3, 0.4) is 0 Å². The number of nitrogens with zero attached hydrogens (tertiary/aromatic N) is 4. The normalized spacial score (nSPS) is 10.3. The van der Waals surface area contributed by atoms with Gasteiger partial charge in [-0.2, -0.15) is 15.0 Å². The smallest absolute Gasteiger partial charge is 0.233 e. The molecule has 0 amide bonds. The van der Waals surface area contributed by atoms with Gasteiger partial charge in [-0.05, 0) is 41.1 Å². The third-order valence-corrected chi connectivity index (χ3v) is 3.62. The molecule has 2 rings (SSSR count). The number of aromatic nitrogens is 3. The maximum Gasteiger partial charge on any atom is 0.233 e. The van der Waals surface area contributed by atoms with Crippen LogP contribution in [0.15, 0.2) is 24.3 Å². The molecule has 0 unspecified atom stereocenters. The fourth-order valence-electron chi connectivity index (χ4n) is 1.62. The first-order valence-corrected chi connectivity index (χ1v) is 7.87. The Morgan fingerprint density at radius 1 is 1.10 bits per heavy atom. The van der Waals surface area contributed by atoms with Crippen LogP contribution in [0.2, 0.25) is 0 Å². The molecule has 0 fully saturated rings. The average molecular weight is 398 g/mol. The Kier molecular flexibility index (Phi) is 5.54. The van der Waals surface area contributed by atoms with Gasteiger partial charge in [0.1, 0.15) is 0 Å². The summed E-state index contributed by atoms with van der Waals surface area (Å²) in [5, 5.41) is 6.45. The highest BCUT2D eigenvalue weighted by molar-refractivity contribution is 14.1. The maximum absolute atomic E-state index is 4.43. The lowest BCUT2D eigenvalue weighted by Gasteiger charge is -2.14. The number of halogens is 1. The maximum atomic E-state index is 4.43. The van der Waals surface area contributed by atoms with Crippen LogP contribution in [0.4, 0.5) is 23.5 Å². The average Bonchev–Trinajstić information content (AvgIpc) is 2.47. The monoisotopic (exact) mass is 398 g/mol. The summed E-state index contributed by atoms with van der Waals surface area (Å²) in [6.45, 7) is 2.94. The predicted molar refractivity (Wildman–Crippen MR) is 95.4 cm³/mol. The number of hydrogen-bond donors (Lipinski definition) is 2. The molecule has 0 atom stereocenters. The second kappa shape index (κ2) is 7.39. The highest BCUT2D eigenvalue weighted by atomic mass is 127. The van der Waals surface area contributed by atoms with Crippen LogP contribution in [0.25, 0.3) is 0 Å². The molecule has 0 aliphatic carbocycles. The van der Waals surface area contributed by atoms with E-state index < -0.39 is 0 Å². The Labute approximate surface area is 138 Å². The molecule has 6 nitrogen and oxygen atoms in total. The van der Waals surface area contributed by atoms with Crippen LogP contribution in [-0.4, -0.2) is 35.6 Å². The lowest BCUT2D eigenvalue weighted by atomic mass is 10.3. The van der Waals surface area contributed by atoms with E-state index in [1.54, 1.807) is 0 Å². The van der Waals surface area contributed by atoms with E-state index in [-0.39, 0.29) is 0 Å². The zero-order valence-electron chi connectivity index (χ0n) is 12.4. The van der Waals surface area contributed by atoms with Crippen molar-refractivity contribution in [3.63, 3.8) is 0 Å². The molecular formula is C14H19IN6. The molecule has 0 saturated heterocycles. The highest BCUT2D eigenvalue weighted by Crippen LogP contribution is 2.21. The van der Waals surface area contributed by atoms with Crippen molar-refractivity contribution in [2.45, 2.75) is 13.3 Å². The number of nitrogens with one attached hydrogen (secondary N) is 2. The van der Waals surface area contributed by atoms with E-state index in [9.17, 15) is 0 Å². The summed E-state index contributed by atoms with van der Waals surface area (Å²) in [6.07, 6.45) is 1.02. The molecule has 1 heterocycles. The van der Waals surface area contributed by atoms with Gasteiger partial charge in [0.25, 0.3) is 0 Å². The summed E-state index contributed by atoms with van der Waals surface area (Å²) in [4.78, 5) is 15.1. The molecule has 7 heteroatoms. The van der Waals surface area contributed by atoms with Crippen LogP contribution in [0.5, 0.6) is 0 Å². The summed E-state index contributed by atoms with van der Waals surface area (Å²) in [5.74, 6) is 1.75. The highest BCUT2D eigenvalue weighted by Gasteiger charge is 2.09. The van der Waals surface area contributed by atoms with Gasteiger partial charge >= 0.3 is 0 Å². The molecule has 1 aromatic heterocycles. The van der Waals surface area contributed by atoms with Gasteiger partial charge in [0.15, 0.2) is 0 Å². The zero-order valence-corrected chi connectivity index (χ0v) is 14.5. The van der Waals surface area contributed by atoms with Gasteiger partial charge in [0, 0.05) is 24.2 Å². The number of para-hydroxylation sites is 1. The van der Waals surface area contributed by atoms with Crippen LogP contribution < -0.4 is 15.5 Å². The molecule has 0 aliphatic rings. The quantitative estimate of drug-likeness (QED) is 0.730. The molecular weight excluding hydrogens is 379 g/mol. The molecule has 112 valence electrons. The van der Waals surface area contributed by atoms with Crippen molar-refractivity contribution >= 4 is 46.1 Å². The van der Waals surface area contributed by atoms with Gasteiger partial charge in [0.05, 0.1) is 5.69 Å². The summed E-state index contributed by atoms with van der Waals surface area (Å²) < 4.78 is 1.12. The van der Waals surface area contributed by atoms with Gasteiger partial charge in [0.2, 0.25) is 17.8 Å². The van der Waals surface area contributed by atoms with Crippen molar-refractivity contribution in [1.29, 1.82) is 0 Å². The largest absolute Gasteiger partial charge is 0.354 e. The minimum Gasteiger partial charge on any atom is -0.354 e. The lowest BCUT2D eigenvalue weighted by molar-refractivity contribution is 0.919. The third-order valence-electron chi connectivity index (χ3n) is 2.68. The fraction of sp³-hybridized carbons (Fsp3) is 0.357. The second-order valence-corrected chi connectivity index (χ2v) is 5.87. The predicted octanol–water partition coefficient (Wildman–Crippen LogP) is 3.11.